The number of ether oxygens (including phenoxy) is 2. The molecule has 0 aliphatic rings. The Morgan fingerprint density at radius 2 is 1.96 bits per heavy atom. The first-order valence-electron chi connectivity index (χ1n) is 8.28. The molecule has 134 valence electrons. The van der Waals surface area contributed by atoms with Gasteiger partial charge in [-0.05, 0) is 45.4 Å². The third kappa shape index (κ3) is 5.74. The van der Waals surface area contributed by atoms with Crippen LogP contribution in [-0.4, -0.2) is 35.3 Å². The highest BCUT2D eigenvalue weighted by Gasteiger charge is 2.25. The SMILES string of the molecule is CCOC(=O)C(Cc1cnc2ccccc2c1)NC(=O)OC(C)(C)C. The lowest BCUT2D eigenvalue weighted by molar-refractivity contribution is -0.145. The molecule has 1 heterocycles. The minimum atomic E-state index is -0.835. The zero-order valence-corrected chi connectivity index (χ0v) is 15.0. The summed E-state index contributed by atoms with van der Waals surface area (Å²) in [6, 6.07) is 8.83. The second-order valence-corrected chi connectivity index (χ2v) is 6.69. The molecule has 0 aliphatic carbocycles. The van der Waals surface area contributed by atoms with Crippen molar-refractivity contribution in [3.8, 4) is 0 Å². The van der Waals surface area contributed by atoms with Crippen molar-refractivity contribution in [3.05, 3.63) is 42.1 Å². The van der Waals surface area contributed by atoms with Crippen molar-refractivity contribution < 1.29 is 19.1 Å². The van der Waals surface area contributed by atoms with Crippen molar-refractivity contribution >= 4 is 23.0 Å². The number of benzene rings is 1. The van der Waals surface area contributed by atoms with E-state index in [4.69, 9.17) is 9.47 Å². The first-order chi connectivity index (χ1) is 11.8. The summed E-state index contributed by atoms with van der Waals surface area (Å²) < 4.78 is 10.3. The van der Waals surface area contributed by atoms with Crippen molar-refractivity contribution in [2.75, 3.05) is 6.61 Å². The molecule has 0 saturated heterocycles. The molecule has 1 N–H and O–H groups in total. The minimum Gasteiger partial charge on any atom is -0.464 e. The predicted octanol–water partition coefficient (Wildman–Crippen LogP) is 3.23. The van der Waals surface area contributed by atoms with Crippen LogP contribution < -0.4 is 5.32 Å². The van der Waals surface area contributed by atoms with Crippen LogP contribution in [0.5, 0.6) is 0 Å². The Bertz CT molecular complexity index is 752. The van der Waals surface area contributed by atoms with Crippen LogP contribution in [0.3, 0.4) is 0 Å². The highest BCUT2D eigenvalue weighted by Crippen LogP contribution is 2.15. The summed E-state index contributed by atoms with van der Waals surface area (Å²) in [5.41, 5.74) is 1.06. The summed E-state index contributed by atoms with van der Waals surface area (Å²) in [5, 5.41) is 3.56. The summed E-state index contributed by atoms with van der Waals surface area (Å²) >= 11 is 0. The Labute approximate surface area is 147 Å². The number of pyridine rings is 1. The Morgan fingerprint density at radius 1 is 1.24 bits per heavy atom. The highest BCUT2D eigenvalue weighted by atomic mass is 16.6. The number of alkyl carbamates (subject to hydrolysis) is 1. The molecule has 25 heavy (non-hydrogen) atoms. The molecule has 1 amide bonds. The fourth-order valence-electron chi connectivity index (χ4n) is 2.35. The summed E-state index contributed by atoms with van der Waals surface area (Å²) in [4.78, 5) is 28.6. The molecule has 1 aromatic carbocycles. The number of rotatable bonds is 5. The molecule has 1 aromatic heterocycles. The molecular formula is C19H24N2O4. The monoisotopic (exact) mass is 344 g/mol. The Hall–Kier alpha value is -2.63. The third-order valence-corrected chi connectivity index (χ3v) is 3.35. The minimum absolute atomic E-state index is 0.237. The lowest BCUT2D eigenvalue weighted by atomic mass is 10.1. The first kappa shape index (κ1) is 18.7. The van der Waals surface area contributed by atoms with Gasteiger partial charge in [-0.2, -0.15) is 0 Å². The molecule has 2 rings (SSSR count). The molecule has 0 spiro atoms. The quantitative estimate of drug-likeness (QED) is 0.843. The van der Waals surface area contributed by atoms with E-state index < -0.39 is 23.7 Å². The summed E-state index contributed by atoms with van der Waals surface area (Å²) in [6.45, 7) is 7.25. The van der Waals surface area contributed by atoms with E-state index in [-0.39, 0.29) is 13.0 Å². The smallest absolute Gasteiger partial charge is 0.408 e. The number of carbonyl (C=O) groups is 2. The molecule has 0 fully saturated rings. The van der Waals surface area contributed by atoms with Gasteiger partial charge in [-0.25, -0.2) is 9.59 Å². The number of fused-ring (bicyclic) bond motifs is 1. The van der Waals surface area contributed by atoms with Gasteiger partial charge in [0.1, 0.15) is 11.6 Å². The normalized spacial score (nSPS) is 12.5. The molecule has 0 bridgehead atoms. The van der Waals surface area contributed by atoms with E-state index in [2.05, 4.69) is 10.3 Å². The maximum absolute atomic E-state index is 12.2. The fraction of sp³-hybridized carbons (Fsp3) is 0.421. The number of aromatic nitrogens is 1. The van der Waals surface area contributed by atoms with Crippen molar-refractivity contribution in [2.45, 2.75) is 45.8 Å². The molecule has 6 nitrogen and oxygen atoms in total. The van der Waals surface area contributed by atoms with Crippen LogP contribution in [0.4, 0.5) is 4.79 Å². The van der Waals surface area contributed by atoms with Crippen molar-refractivity contribution in [3.63, 3.8) is 0 Å². The van der Waals surface area contributed by atoms with E-state index >= 15 is 0 Å². The molecule has 1 unspecified atom stereocenters. The van der Waals surface area contributed by atoms with Crippen LogP contribution in [0, 0.1) is 0 Å². The Morgan fingerprint density at radius 3 is 2.64 bits per heavy atom. The predicted molar refractivity (Wildman–Crippen MR) is 95.2 cm³/mol. The molecule has 0 saturated carbocycles. The van der Waals surface area contributed by atoms with E-state index in [0.717, 1.165) is 16.5 Å². The number of nitrogens with zero attached hydrogens (tertiary/aromatic N) is 1. The maximum atomic E-state index is 12.2. The van der Waals surface area contributed by atoms with Gasteiger partial charge in [0.05, 0.1) is 12.1 Å². The van der Waals surface area contributed by atoms with Crippen molar-refractivity contribution in [1.29, 1.82) is 0 Å². The van der Waals surface area contributed by atoms with Crippen molar-refractivity contribution in [1.82, 2.24) is 10.3 Å². The Balaban J connectivity index is 2.16. The van der Waals surface area contributed by atoms with Crippen LogP contribution >= 0.6 is 0 Å². The van der Waals surface area contributed by atoms with E-state index in [0.29, 0.717) is 0 Å². The number of esters is 1. The van der Waals surface area contributed by atoms with Gasteiger partial charge in [-0.15, -0.1) is 0 Å². The molecular weight excluding hydrogens is 320 g/mol. The van der Waals surface area contributed by atoms with E-state index in [9.17, 15) is 9.59 Å². The van der Waals surface area contributed by atoms with Crippen LogP contribution in [-0.2, 0) is 20.7 Å². The van der Waals surface area contributed by atoms with E-state index in [1.54, 1.807) is 33.9 Å². The molecule has 6 heteroatoms. The lowest BCUT2D eigenvalue weighted by Crippen LogP contribution is -2.45. The van der Waals surface area contributed by atoms with Gasteiger partial charge >= 0.3 is 12.1 Å². The molecule has 0 radical (unpaired) electrons. The number of hydrogen-bond donors (Lipinski definition) is 1. The van der Waals surface area contributed by atoms with E-state index in [1.807, 2.05) is 30.3 Å². The average molecular weight is 344 g/mol. The fourth-order valence-corrected chi connectivity index (χ4v) is 2.35. The van der Waals surface area contributed by atoms with Gasteiger partial charge in [0.15, 0.2) is 0 Å². The van der Waals surface area contributed by atoms with Crippen LogP contribution in [0.15, 0.2) is 36.5 Å². The van der Waals surface area contributed by atoms with Gasteiger partial charge in [-0.3, -0.25) is 4.98 Å². The standard InChI is InChI=1S/C19H24N2O4/c1-5-24-17(22)16(21-18(23)25-19(2,3)4)11-13-10-14-8-6-7-9-15(14)20-12-13/h6-10,12,16H,5,11H2,1-4H3,(H,21,23). The third-order valence-electron chi connectivity index (χ3n) is 3.35. The molecule has 0 aliphatic heterocycles. The van der Waals surface area contributed by atoms with Gasteiger partial charge in [-0.1, -0.05) is 18.2 Å². The van der Waals surface area contributed by atoms with Crippen molar-refractivity contribution in [2.24, 2.45) is 0 Å². The zero-order valence-electron chi connectivity index (χ0n) is 15.0. The maximum Gasteiger partial charge on any atom is 0.408 e. The highest BCUT2D eigenvalue weighted by molar-refractivity contribution is 5.82. The summed E-state index contributed by atoms with van der Waals surface area (Å²) in [5.74, 6) is -0.499. The zero-order chi connectivity index (χ0) is 18.4. The second-order valence-electron chi connectivity index (χ2n) is 6.69. The number of hydrogen-bond acceptors (Lipinski definition) is 5. The average Bonchev–Trinajstić information content (AvgIpc) is 2.52. The number of carbonyl (C=O) groups excluding carboxylic acids is 2. The van der Waals surface area contributed by atoms with E-state index in [1.165, 1.54) is 0 Å². The number of para-hydroxylation sites is 1. The van der Waals surface area contributed by atoms with Crippen LogP contribution in [0.1, 0.15) is 33.3 Å². The summed E-state index contributed by atoms with van der Waals surface area (Å²) in [6.07, 6.45) is 1.32. The van der Waals surface area contributed by atoms with Crippen LogP contribution in [0.2, 0.25) is 0 Å². The summed E-state index contributed by atoms with van der Waals surface area (Å²) in [7, 11) is 0. The second kappa shape index (κ2) is 7.96. The van der Waals surface area contributed by atoms with Gasteiger partial charge in [0.2, 0.25) is 0 Å². The number of nitrogens with one attached hydrogen (secondary N) is 1. The Kier molecular flexibility index (Phi) is 5.96. The van der Waals surface area contributed by atoms with Gasteiger partial charge < -0.3 is 14.8 Å². The van der Waals surface area contributed by atoms with Gasteiger partial charge in [0, 0.05) is 18.0 Å². The largest absolute Gasteiger partial charge is 0.464 e. The molecule has 1 atom stereocenters. The first-order valence-corrected chi connectivity index (χ1v) is 8.28. The van der Waals surface area contributed by atoms with Gasteiger partial charge in [0.25, 0.3) is 0 Å². The number of amides is 1. The molecule has 2 aromatic rings. The lowest BCUT2D eigenvalue weighted by Gasteiger charge is -2.23. The van der Waals surface area contributed by atoms with Crippen LogP contribution in [0.25, 0.3) is 10.9 Å². The topological polar surface area (TPSA) is 77.5 Å².